The quantitative estimate of drug-likeness (QED) is 0.861. The average Bonchev–Trinajstić information content (AvgIpc) is 3.25. The first-order chi connectivity index (χ1) is 9.69. The predicted octanol–water partition coefficient (Wildman–Crippen LogP) is 0.739. The Morgan fingerprint density at radius 1 is 1.35 bits per heavy atom. The number of para-hydroxylation sites is 1. The number of pyridine rings is 1. The summed E-state index contributed by atoms with van der Waals surface area (Å²) in [5.41, 5.74) is 6.73. The van der Waals surface area contributed by atoms with Gasteiger partial charge in [-0.15, -0.1) is 0 Å². The Morgan fingerprint density at radius 3 is 2.80 bits per heavy atom. The van der Waals surface area contributed by atoms with Gasteiger partial charge in [0.1, 0.15) is 6.54 Å². The summed E-state index contributed by atoms with van der Waals surface area (Å²) in [5, 5.41) is 3.82. The van der Waals surface area contributed by atoms with Gasteiger partial charge in [0.15, 0.2) is 0 Å². The third kappa shape index (κ3) is 2.44. The third-order valence-electron chi connectivity index (χ3n) is 3.54. The third-order valence-corrected chi connectivity index (χ3v) is 3.54. The number of nitrogens with zero attached hydrogens (tertiary/aromatic N) is 1. The lowest BCUT2D eigenvalue weighted by Crippen LogP contribution is -2.35. The van der Waals surface area contributed by atoms with Crippen LogP contribution in [-0.2, 0) is 17.9 Å². The SMILES string of the molecule is NCc1cc2ccccc2n(CC(=O)NC2CC2)c1=O. The van der Waals surface area contributed by atoms with E-state index in [-0.39, 0.29) is 24.6 Å². The maximum absolute atomic E-state index is 12.4. The van der Waals surface area contributed by atoms with E-state index in [1.807, 2.05) is 24.3 Å². The second-order valence-corrected chi connectivity index (χ2v) is 5.17. The number of nitrogens with one attached hydrogen (secondary N) is 1. The van der Waals surface area contributed by atoms with Crippen molar-refractivity contribution in [3.05, 3.63) is 46.2 Å². The number of nitrogens with two attached hydrogens (primary N) is 1. The Morgan fingerprint density at radius 2 is 2.10 bits per heavy atom. The number of hydrogen-bond donors (Lipinski definition) is 2. The average molecular weight is 271 g/mol. The lowest BCUT2D eigenvalue weighted by molar-refractivity contribution is -0.121. The van der Waals surface area contributed by atoms with Gasteiger partial charge in [0, 0.05) is 18.2 Å². The molecule has 1 aliphatic carbocycles. The second-order valence-electron chi connectivity index (χ2n) is 5.17. The summed E-state index contributed by atoms with van der Waals surface area (Å²) in [7, 11) is 0. The zero-order valence-corrected chi connectivity index (χ0v) is 11.1. The predicted molar refractivity (Wildman–Crippen MR) is 77.3 cm³/mol. The second kappa shape index (κ2) is 5.09. The number of aromatic nitrogens is 1. The van der Waals surface area contributed by atoms with Crippen molar-refractivity contribution < 1.29 is 4.79 Å². The molecule has 20 heavy (non-hydrogen) atoms. The highest BCUT2D eigenvalue weighted by atomic mass is 16.2. The van der Waals surface area contributed by atoms with Crippen molar-refractivity contribution >= 4 is 16.8 Å². The summed E-state index contributed by atoms with van der Waals surface area (Å²) < 4.78 is 1.51. The normalized spacial score (nSPS) is 14.4. The molecule has 1 aliphatic rings. The fourth-order valence-corrected chi connectivity index (χ4v) is 2.34. The molecule has 0 spiro atoms. The molecule has 1 aromatic carbocycles. The molecule has 0 atom stereocenters. The van der Waals surface area contributed by atoms with Crippen molar-refractivity contribution in [3.8, 4) is 0 Å². The molecule has 5 nitrogen and oxygen atoms in total. The van der Waals surface area contributed by atoms with Crippen molar-refractivity contribution in [2.75, 3.05) is 0 Å². The number of benzene rings is 1. The van der Waals surface area contributed by atoms with E-state index in [9.17, 15) is 9.59 Å². The molecule has 0 unspecified atom stereocenters. The van der Waals surface area contributed by atoms with Crippen LogP contribution in [0.4, 0.5) is 0 Å². The number of rotatable bonds is 4. The van der Waals surface area contributed by atoms with Crippen LogP contribution in [0.5, 0.6) is 0 Å². The van der Waals surface area contributed by atoms with Gasteiger partial charge < -0.3 is 11.1 Å². The minimum atomic E-state index is -0.183. The number of fused-ring (bicyclic) bond motifs is 1. The van der Waals surface area contributed by atoms with Crippen LogP contribution in [0.2, 0.25) is 0 Å². The molecule has 3 rings (SSSR count). The van der Waals surface area contributed by atoms with Gasteiger partial charge in [0.2, 0.25) is 5.91 Å². The van der Waals surface area contributed by atoms with Crippen molar-refractivity contribution in [2.24, 2.45) is 5.73 Å². The van der Waals surface area contributed by atoms with Crippen LogP contribution < -0.4 is 16.6 Å². The minimum absolute atomic E-state index is 0.0453. The van der Waals surface area contributed by atoms with Gasteiger partial charge >= 0.3 is 0 Å². The molecule has 1 saturated carbocycles. The summed E-state index contributed by atoms with van der Waals surface area (Å²) >= 11 is 0. The van der Waals surface area contributed by atoms with Crippen molar-refractivity contribution in [2.45, 2.75) is 32.0 Å². The largest absolute Gasteiger partial charge is 0.352 e. The molecule has 0 radical (unpaired) electrons. The van der Waals surface area contributed by atoms with Crippen LogP contribution in [0.25, 0.3) is 10.9 Å². The fourth-order valence-electron chi connectivity index (χ4n) is 2.34. The molecule has 1 fully saturated rings. The van der Waals surface area contributed by atoms with Gasteiger partial charge in [-0.2, -0.15) is 0 Å². The Kier molecular flexibility index (Phi) is 3.28. The first-order valence-electron chi connectivity index (χ1n) is 6.80. The van der Waals surface area contributed by atoms with Crippen LogP contribution in [0, 0.1) is 0 Å². The van der Waals surface area contributed by atoms with Crippen LogP contribution >= 0.6 is 0 Å². The van der Waals surface area contributed by atoms with Crippen LogP contribution in [0.3, 0.4) is 0 Å². The molecule has 1 heterocycles. The maximum atomic E-state index is 12.4. The van der Waals surface area contributed by atoms with E-state index in [1.165, 1.54) is 4.57 Å². The van der Waals surface area contributed by atoms with E-state index < -0.39 is 0 Å². The highest BCUT2D eigenvalue weighted by molar-refractivity contribution is 5.83. The van der Waals surface area contributed by atoms with E-state index in [0.29, 0.717) is 11.6 Å². The Labute approximate surface area is 116 Å². The number of carbonyl (C=O) groups is 1. The standard InChI is InChI=1S/C15H17N3O2/c16-8-11-7-10-3-1-2-4-13(10)18(15(11)20)9-14(19)17-12-5-6-12/h1-4,7,12H,5-6,8-9,16H2,(H,17,19). The van der Waals surface area contributed by atoms with E-state index in [2.05, 4.69) is 5.32 Å². The summed E-state index contributed by atoms with van der Waals surface area (Å²) in [6.45, 7) is 0.220. The molecule has 0 saturated heterocycles. The summed E-state index contributed by atoms with van der Waals surface area (Å²) in [6.07, 6.45) is 2.06. The molecule has 5 heteroatoms. The Balaban J connectivity index is 2.04. The molecule has 104 valence electrons. The molecular weight excluding hydrogens is 254 g/mol. The van der Waals surface area contributed by atoms with Crippen molar-refractivity contribution in [3.63, 3.8) is 0 Å². The zero-order chi connectivity index (χ0) is 14.1. The molecule has 0 bridgehead atoms. The lowest BCUT2D eigenvalue weighted by atomic mass is 10.1. The smallest absolute Gasteiger partial charge is 0.256 e. The van der Waals surface area contributed by atoms with Gasteiger partial charge in [0.25, 0.3) is 5.56 Å². The molecule has 1 aromatic heterocycles. The zero-order valence-electron chi connectivity index (χ0n) is 11.1. The molecular formula is C15H17N3O2. The number of carbonyl (C=O) groups excluding carboxylic acids is 1. The van der Waals surface area contributed by atoms with E-state index in [4.69, 9.17) is 5.73 Å². The Bertz CT molecular complexity index is 717. The molecule has 3 N–H and O–H groups in total. The number of amides is 1. The first kappa shape index (κ1) is 12.9. The van der Waals surface area contributed by atoms with Gasteiger partial charge in [-0.05, 0) is 30.4 Å². The maximum Gasteiger partial charge on any atom is 0.256 e. The topological polar surface area (TPSA) is 77.1 Å². The molecule has 0 aliphatic heterocycles. The fraction of sp³-hybridized carbons (Fsp3) is 0.333. The van der Waals surface area contributed by atoms with Crippen LogP contribution in [0.1, 0.15) is 18.4 Å². The van der Waals surface area contributed by atoms with E-state index in [0.717, 1.165) is 23.7 Å². The van der Waals surface area contributed by atoms with Crippen molar-refractivity contribution in [1.29, 1.82) is 0 Å². The van der Waals surface area contributed by atoms with Gasteiger partial charge in [-0.3, -0.25) is 14.2 Å². The summed E-state index contributed by atoms with van der Waals surface area (Å²) in [6, 6.07) is 9.63. The Hall–Kier alpha value is -2.14. The van der Waals surface area contributed by atoms with Gasteiger partial charge in [-0.1, -0.05) is 18.2 Å². The number of hydrogen-bond acceptors (Lipinski definition) is 3. The highest BCUT2D eigenvalue weighted by Crippen LogP contribution is 2.18. The van der Waals surface area contributed by atoms with Gasteiger partial charge in [-0.25, -0.2) is 0 Å². The van der Waals surface area contributed by atoms with E-state index in [1.54, 1.807) is 6.07 Å². The molecule has 1 amide bonds. The first-order valence-corrected chi connectivity index (χ1v) is 6.80. The minimum Gasteiger partial charge on any atom is -0.352 e. The van der Waals surface area contributed by atoms with Crippen LogP contribution in [0.15, 0.2) is 35.1 Å². The highest BCUT2D eigenvalue weighted by Gasteiger charge is 2.23. The van der Waals surface area contributed by atoms with E-state index >= 15 is 0 Å². The van der Waals surface area contributed by atoms with Gasteiger partial charge in [0.05, 0.1) is 5.52 Å². The summed E-state index contributed by atoms with van der Waals surface area (Å²) in [5.74, 6) is -0.117. The lowest BCUT2D eigenvalue weighted by Gasteiger charge is -2.12. The summed E-state index contributed by atoms with van der Waals surface area (Å²) in [4.78, 5) is 24.3. The van der Waals surface area contributed by atoms with Crippen LogP contribution in [-0.4, -0.2) is 16.5 Å². The van der Waals surface area contributed by atoms with Crippen molar-refractivity contribution in [1.82, 2.24) is 9.88 Å². The molecule has 2 aromatic rings. The monoisotopic (exact) mass is 271 g/mol.